The third kappa shape index (κ3) is 3.37. The van der Waals surface area contributed by atoms with Crippen molar-refractivity contribution in [2.24, 2.45) is 0 Å². The number of nitrogens with zero attached hydrogens (tertiary/aromatic N) is 3. The minimum Gasteiger partial charge on any atom is -0.486 e. The molecule has 2 aromatic heterocycles. The first-order valence-electron chi connectivity index (χ1n) is 10.9. The summed E-state index contributed by atoms with van der Waals surface area (Å²) in [6.07, 6.45) is 1.90. The number of para-hydroxylation sites is 1. The predicted molar refractivity (Wildman–Crippen MR) is 121 cm³/mol. The summed E-state index contributed by atoms with van der Waals surface area (Å²) < 4.78 is 18.2. The summed E-state index contributed by atoms with van der Waals surface area (Å²) >= 11 is 0. The normalized spacial score (nSPS) is 19.3. The van der Waals surface area contributed by atoms with Gasteiger partial charge < -0.3 is 18.8 Å². The van der Waals surface area contributed by atoms with Crippen LogP contribution in [0, 0.1) is 6.92 Å². The van der Waals surface area contributed by atoms with Gasteiger partial charge in [-0.05, 0) is 43.3 Å². The first-order valence-corrected chi connectivity index (χ1v) is 10.9. The Hall–Kier alpha value is -3.25. The van der Waals surface area contributed by atoms with E-state index >= 15 is 0 Å². The molecule has 1 atom stereocenters. The molecule has 0 N–H and O–H groups in total. The van der Waals surface area contributed by atoms with Gasteiger partial charge in [0.15, 0.2) is 11.5 Å². The molecular weight excluding hydrogens is 390 g/mol. The molecule has 0 amide bonds. The van der Waals surface area contributed by atoms with Gasteiger partial charge in [0, 0.05) is 49.2 Å². The number of pyridine rings is 1. The Morgan fingerprint density at radius 1 is 0.968 bits per heavy atom. The summed E-state index contributed by atoms with van der Waals surface area (Å²) in [4.78, 5) is 9.50. The molecule has 0 bridgehead atoms. The largest absolute Gasteiger partial charge is 0.486 e. The fourth-order valence-corrected chi connectivity index (χ4v) is 4.64. The van der Waals surface area contributed by atoms with Crippen LogP contribution in [0.3, 0.4) is 0 Å². The molecule has 31 heavy (non-hydrogen) atoms. The second kappa shape index (κ2) is 7.46. The van der Waals surface area contributed by atoms with E-state index < -0.39 is 0 Å². The highest BCUT2D eigenvalue weighted by Crippen LogP contribution is 2.38. The van der Waals surface area contributed by atoms with Crippen LogP contribution >= 0.6 is 0 Å². The molecule has 0 saturated carbocycles. The van der Waals surface area contributed by atoms with Gasteiger partial charge in [-0.3, -0.25) is 9.88 Å². The maximum Gasteiger partial charge on any atom is 0.171 e. The van der Waals surface area contributed by atoms with Gasteiger partial charge in [-0.2, -0.15) is 0 Å². The topological polar surface area (TPSA) is 51.0 Å². The smallest absolute Gasteiger partial charge is 0.171 e. The van der Waals surface area contributed by atoms with Gasteiger partial charge in [-0.15, -0.1) is 0 Å². The van der Waals surface area contributed by atoms with Gasteiger partial charge >= 0.3 is 0 Å². The van der Waals surface area contributed by atoms with Crippen molar-refractivity contribution >= 4 is 27.6 Å². The second-order valence-electron chi connectivity index (χ2n) is 8.37. The lowest BCUT2D eigenvalue weighted by Gasteiger charge is -2.38. The molecule has 158 valence electrons. The van der Waals surface area contributed by atoms with Gasteiger partial charge in [0.1, 0.15) is 24.6 Å². The van der Waals surface area contributed by atoms with Crippen LogP contribution < -0.4 is 14.4 Å². The summed E-state index contributed by atoms with van der Waals surface area (Å²) in [5, 5.41) is 2.21. The van der Waals surface area contributed by atoms with Crippen molar-refractivity contribution in [3.8, 4) is 11.5 Å². The Labute approximate surface area is 181 Å². The second-order valence-corrected chi connectivity index (χ2v) is 8.37. The number of benzene rings is 2. The van der Waals surface area contributed by atoms with Crippen LogP contribution in [0.15, 0.2) is 59.2 Å². The van der Waals surface area contributed by atoms with E-state index in [0.29, 0.717) is 6.61 Å². The van der Waals surface area contributed by atoms with E-state index in [1.807, 2.05) is 43.5 Å². The zero-order chi connectivity index (χ0) is 20.8. The first-order chi connectivity index (χ1) is 15.2. The third-order valence-corrected chi connectivity index (χ3v) is 6.27. The molecular formula is C25H25N3O3. The Balaban J connectivity index is 1.13. The lowest BCUT2D eigenvalue weighted by atomic mass is 10.1. The molecule has 1 saturated heterocycles. The van der Waals surface area contributed by atoms with Gasteiger partial charge in [-0.1, -0.05) is 12.1 Å². The van der Waals surface area contributed by atoms with Crippen molar-refractivity contribution in [1.82, 2.24) is 9.88 Å². The average Bonchev–Trinajstić information content (AvgIpc) is 3.23. The van der Waals surface area contributed by atoms with E-state index in [2.05, 4.69) is 33.0 Å². The Bertz CT molecular complexity index is 1240. The summed E-state index contributed by atoms with van der Waals surface area (Å²) in [6.45, 7) is 7.36. The monoisotopic (exact) mass is 415 g/mol. The fourth-order valence-electron chi connectivity index (χ4n) is 4.64. The minimum atomic E-state index is 0.0145. The highest BCUT2D eigenvalue weighted by atomic mass is 16.6. The zero-order valence-corrected chi connectivity index (χ0v) is 17.6. The molecule has 0 spiro atoms. The molecule has 6 heteroatoms. The number of anilines is 1. The molecule has 0 unspecified atom stereocenters. The number of hydrogen-bond donors (Lipinski definition) is 0. The van der Waals surface area contributed by atoms with E-state index in [-0.39, 0.29) is 6.10 Å². The van der Waals surface area contributed by atoms with Crippen LogP contribution in [0.1, 0.15) is 5.69 Å². The predicted octanol–water partition coefficient (Wildman–Crippen LogP) is 4.25. The van der Waals surface area contributed by atoms with E-state index in [9.17, 15) is 0 Å². The summed E-state index contributed by atoms with van der Waals surface area (Å²) in [5.74, 6) is 1.64. The first kappa shape index (κ1) is 18.5. The molecule has 2 aromatic carbocycles. The minimum absolute atomic E-state index is 0.0145. The third-order valence-electron chi connectivity index (χ3n) is 6.27. The number of aromatic nitrogens is 1. The van der Waals surface area contributed by atoms with E-state index in [1.54, 1.807) is 0 Å². The number of aryl methyl sites for hydroxylation is 1. The molecule has 0 radical (unpaired) electrons. The number of piperazine rings is 1. The lowest BCUT2D eigenvalue weighted by molar-refractivity contribution is 0.0587. The number of furan rings is 1. The van der Waals surface area contributed by atoms with Gasteiger partial charge in [-0.25, -0.2) is 0 Å². The number of rotatable bonds is 3. The highest BCUT2D eigenvalue weighted by Gasteiger charge is 2.27. The number of hydrogen-bond acceptors (Lipinski definition) is 6. The summed E-state index contributed by atoms with van der Waals surface area (Å²) in [5.41, 5.74) is 4.09. The molecule has 2 aliphatic heterocycles. The van der Waals surface area contributed by atoms with Crippen LogP contribution in [0.5, 0.6) is 11.5 Å². The van der Waals surface area contributed by atoms with E-state index in [0.717, 1.165) is 66.4 Å². The van der Waals surface area contributed by atoms with Crippen molar-refractivity contribution < 1.29 is 13.9 Å². The molecule has 6 rings (SSSR count). The van der Waals surface area contributed by atoms with Crippen molar-refractivity contribution in [3.63, 3.8) is 0 Å². The molecule has 2 aliphatic rings. The standard InChI is InChI=1S/C25H25N3O3/c1-17-6-7-19-21(26-17)8-9-24-25(19)31-18(15-29-24)14-27-10-12-28(13-11-27)22-16-30-23-5-3-2-4-20(22)23/h2-9,16,18H,10-15H2,1H3/t18-/m0/s1. The quantitative estimate of drug-likeness (QED) is 0.499. The molecule has 4 aromatic rings. The van der Waals surface area contributed by atoms with Crippen LogP contribution in [0.25, 0.3) is 21.9 Å². The Morgan fingerprint density at radius 3 is 2.74 bits per heavy atom. The Kier molecular flexibility index (Phi) is 4.46. The van der Waals surface area contributed by atoms with E-state index in [1.165, 1.54) is 11.1 Å². The Morgan fingerprint density at radius 2 is 1.84 bits per heavy atom. The molecule has 1 fully saturated rings. The molecule has 4 heterocycles. The van der Waals surface area contributed by atoms with Crippen LogP contribution in [0.4, 0.5) is 5.69 Å². The maximum absolute atomic E-state index is 6.41. The van der Waals surface area contributed by atoms with Crippen molar-refractivity contribution in [3.05, 3.63) is 60.5 Å². The molecule has 0 aliphatic carbocycles. The number of ether oxygens (including phenoxy) is 2. The van der Waals surface area contributed by atoms with Crippen molar-refractivity contribution in [2.45, 2.75) is 13.0 Å². The zero-order valence-electron chi connectivity index (χ0n) is 17.6. The van der Waals surface area contributed by atoms with Crippen LogP contribution in [-0.4, -0.2) is 55.3 Å². The maximum atomic E-state index is 6.41. The molecule has 6 nitrogen and oxygen atoms in total. The van der Waals surface area contributed by atoms with Crippen molar-refractivity contribution in [1.29, 1.82) is 0 Å². The number of fused-ring (bicyclic) bond motifs is 4. The van der Waals surface area contributed by atoms with Crippen LogP contribution in [0.2, 0.25) is 0 Å². The van der Waals surface area contributed by atoms with Crippen molar-refractivity contribution in [2.75, 3.05) is 44.2 Å². The van der Waals surface area contributed by atoms with Gasteiger partial charge in [0.2, 0.25) is 0 Å². The van der Waals surface area contributed by atoms with Gasteiger partial charge in [0.05, 0.1) is 11.2 Å². The summed E-state index contributed by atoms with van der Waals surface area (Å²) in [6, 6.07) is 16.3. The fraction of sp³-hybridized carbons (Fsp3) is 0.320. The van der Waals surface area contributed by atoms with Crippen LogP contribution in [-0.2, 0) is 0 Å². The SMILES string of the molecule is Cc1ccc2c3c(ccc2n1)OC[C@H](CN1CCN(c2coc4ccccc24)CC1)O3. The highest BCUT2D eigenvalue weighted by molar-refractivity contribution is 5.91. The van der Waals surface area contributed by atoms with Gasteiger partial charge in [0.25, 0.3) is 0 Å². The average molecular weight is 415 g/mol. The van der Waals surface area contributed by atoms with E-state index in [4.69, 9.17) is 13.9 Å². The lowest BCUT2D eigenvalue weighted by Crippen LogP contribution is -2.50. The summed E-state index contributed by atoms with van der Waals surface area (Å²) in [7, 11) is 0.